The molecule has 11 nitrogen and oxygen atoms in total. The molecule has 0 radical (unpaired) electrons. The van der Waals surface area contributed by atoms with E-state index in [1.54, 1.807) is 0 Å². The minimum atomic E-state index is -1.21. The number of non-ortho nitro benzene ring substituents is 1. The van der Waals surface area contributed by atoms with E-state index < -0.39 is 37.6 Å². The van der Waals surface area contributed by atoms with E-state index >= 15 is 0 Å². The summed E-state index contributed by atoms with van der Waals surface area (Å²) < 4.78 is 0. The number of nitrogens with zero attached hydrogens (tertiary/aromatic N) is 3. The Labute approximate surface area is 137 Å². The Hall–Kier alpha value is -2.82. The zero-order valence-corrected chi connectivity index (χ0v) is 13.2. The Morgan fingerprint density at radius 2 is 1.38 bits per heavy atom. The van der Waals surface area contributed by atoms with E-state index in [1.165, 1.54) is 32.1 Å². The lowest BCUT2D eigenvalue weighted by atomic mass is 10.2. The first-order valence-corrected chi connectivity index (χ1v) is 7.26. The van der Waals surface area contributed by atoms with Gasteiger partial charge in [-0.1, -0.05) is 32.6 Å². The molecule has 0 fully saturated rings. The maximum Gasteiger partial charge on any atom is 0.324 e. The monoisotopic (exact) mass is 344 g/mol. The number of unbranched alkanes of at least 4 members (excludes halogenated alkanes) is 4. The van der Waals surface area contributed by atoms with E-state index in [9.17, 15) is 30.3 Å². The smallest absolute Gasteiger partial charge is 0.324 e. The number of nitro benzene ring substituents is 3. The lowest BCUT2D eigenvalue weighted by Crippen LogP contribution is -1.97. The first-order chi connectivity index (χ1) is 11.3. The lowest BCUT2D eigenvalue weighted by molar-refractivity contribution is -0.404. The van der Waals surface area contributed by atoms with Crippen molar-refractivity contribution in [3.63, 3.8) is 0 Å². The Kier molecular flexibility index (Phi) is 9.56. The van der Waals surface area contributed by atoms with E-state index in [0.717, 1.165) is 6.54 Å². The molecule has 0 saturated carbocycles. The molecule has 0 atom stereocenters. The molecule has 0 spiro atoms. The molecule has 24 heavy (non-hydrogen) atoms. The van der Waals surface area contributed by atoms with Crippen LogP contribution in [0, 0.1) is 30.3 Å². The Balaban J connectivity index is 0.000000561. The number of nitro groups is 3. The van der Waals surface area contributed by atoms with E-state index in [4.69, 9.17) is 10.8 Å². The van der Waals surface area contributed by atoms with E-state index in [1.807, 2.05) is 0 Å². The molecular weight excluding hydrogens is 324 g/mol. The maximum absolute atomic E-state index is 10.4. The Morgan fingerprint density at radius 1 is 0.917 bits per heavy atom. The molecular formula is C13H20N4O7. The molecule has 0 aliphatic heterocycles. The summed E-state index contributed by atoms with van der Waals surface area (Å²) in [5, 5.41) is 40.2. The van der Waals surface area contributed by atoms with Gasteiger partial charge in [0.15, 0.2) is 0 Å². The van der Waals surface area contributed by atoms with Gasteiger partial charge in [-0.05, 0) is 13.0 Å². The van der Waals surface area contributed by atoms with Crippen LogP contribution in [0.25, 0.3) is 0 Å². The van der Waals surface area contributed by atoms with Gasteiger partial charge in [0, 0.05) is 0 Å². The second kappa shape index (κ2) is 10.8. The number of nitrogens with two attached hydrogens (primary N) is 1. The fourth-order valence-corrected chi connectivity index (χ4v) is 1.72. The van der Waals surface area contributed by atoms with E-state index in [2.05, 4.69) is 6.92 Å². The van der Waals surface area contributed by atoms with Crippen LogP contribution in [0.1, 0.15) is 39.0 Å². The van der Waals surface area contributed by atoms with Crippen molar-refractivity contribution in [2.24, 2.45) is 5.73 Å². The van der Waals surface area contributed by atoms with Crippen molar-refractivity contribution in [3.8, 4) is 5.75 Å². The second-order valence-electron chi connectivity index (χ2n) is 4.81. The summed E-state index contributed by atoms with van der Waals surface area (Å²) in [7, 11) is 0. The van der Waals surface area contributed by atoms with Crippen molar-refractivity contribution in [3.05, 3.63) is 42.5 Å². The zero-order valence-electron chi connectivity index (χ0n) is 13.2. The van der Waals surface area contributed by atoms with Gasteiger partial charge in [-0.25, -0.2) is 0 Å². The van der Waals surface area contributed by atoms with E-state index in [0.29, 0.717) is 12.1 Å². The minimum Gasteiger partial charge on any atom is -0.497 e. The van der Waals surface area contributed by atoms with Crippen molar-refractivity contribution >= 4 is 17.1 Å². The van der Waals surface area contributed by atoms with Gasteiger partial charge in [0.1, 0.15) is 0 Å². The molecule has 1 aromatic rings. The van der Waals surface area contributed by atoms with Crippen LogP contribution in [0.4, 0.5) is 17.1 Å². The van der Waals surface area contributed by atoms with Crippen LogP contribution in [0.3, 0.4) is 0 Å². The normalized spacial score (nSPS) is 9.75. The zero-order chi connectivity index (χ0) is 18.7. The molecule has 0 amide bonds. The number of hydrogen-bond donors (Lipinski definition) is 2. The molecule has 1 rings (SSSR count). The molecule has 0 aliphatic carbocycles. The fraction of sp³-hybridized carbons (Fsp3) is 0.538. The largest absolute Gasteiger partial charge is 0.497 e. The van der Waals surface area contributed by atoms with E-state index in [-0.39, 0.29) is 0 Å². The summed E-state index contributed by atoms with van der Waals surface area (Å²) in [6.07, 6.45) is 6.60. The Morgan fingerprint density at radius 3 is 1.71 bits per heavy atom. The van der Waals surface area contributed by atoms with Crippen LogP contribution in [0.15, 0.2) is 12.1 Å². The third-order valence-electron chi connectivity index (χ3n) is 2.97. The van der Waals surface area contributed by atoms with Crippen molar-refractivity contribution < 1.29 is 19.9 Å². The van der Waals surface area contributed by atoms with Gasteiger partial charge in [0.25, 0.3) is 11.4 Å². The predicted molar refractivity (Wildman–Crippen MR) is 85.9 cm³/mol. The molecule has 0 aliphatic rings. The van der Waals surface area contributed by atoms with Crippen LogP contribution in [-0.4, -0.2) is 26.4 Å². The van der Waals surface area contributed by atoms with Crippen LogP contribution < -0.4 is 5.73 Å². The third kappa shape index (κ3) is 6.96. The van der Waals surface area contributed by atoms with Crippen molar-refractivity contribution in [1.82, 2.24) is 0 Å². The number of aromatic hydroxyl groups is 1. The minimum absolute atomic E-state index is 0.447. The average molecular weight is 344 g/mol. The van der Waals surface area contributed by atoms with Crippen molar-refractivity contribution in [1.29, 1.82) is 0 Å². The molecule has 0 saturated heterocycles. The van der Waals surface area contributed by atoms with Gasteiger partial charge in [0.05, 0.1) is 26.9 Å². The van der Waals surface area contributed by atoms with Gasteiger partial charge < -0.3 is 10.8 Å². The molecule has 3 N–H and O–H groups in total. The molecule has 11 heteroatoms. The highest BCUT2D eigenvalue weighted by atomic mass is 16.6. The second-order valence-corrected chi connectivity index (χ2v) is 4.81. The number of hydrogen-bond acceptors (Lipinski definition) is 8. The molecule has 0 unspecified atom stereocenters. The standard InChI is InChI=1S/C7H17N.C6H3N3O7/c1-2-3-4-5-6-7-8;10-6-4(8(13)14)1-3(7(11)12)2-5(6)9(15)16/h2-8H2,1H3;1-2,10H. The van der Waals surface area contributed by atoms with Gasteiger partial charge in [-0.3, -0.25) is 30.3 Å². The SMILES string of the molecule is CCCCCCCN.O=[N+]([O-])c1cc([N+](=O)[O-])c(O)c([N+](=O)[O-])c1. The topological polar surface area (TPSA) is 176 Å². The molecule has 134 valence electrons. The summed E-state index contributed by atoms with van der Waals surface area (Å²) in [5.74, 6) is -1.21. The maximum atomic E-state index is 10.4. The van der Waals surface area contributed by atoms with Crippen LogP contribution in [0.5, 0.6) is 5.75 Å². The molecule has 0 aromatic heterocycles. The number of phenolic OH excluding ortho intramolecular Hbond substituents is 1. The highest BCUT2D eigenvalue weighted by molar-refractivity contribution is 5.64. The summed E-state index contributed by atoms with van der Waals surface area (Å²) in [6.45, 7) is 3.09. The molecule has 0 bridgehead atoms. The number of rotatable bonds is 8. The van der Waals surface area contributed by atoms with Crippen LogP contribution >= 0.6 is 0 Å². The van der Waals surface area contributed by atoms with Gasteiger partial charge in [0.2, 0.25) is 0 Å². The average Bonchev–Trinajstić information content (AvgIpc) is 2.51. The summed E-state index contributed by atoms with van der Waals surface area (Å²) >= 11 is 0. The fourth-order valence-electron chi connectivity index (χ4n) is 1.72. The Bertz CT molecular complexity index is 551. The first-order valence-electron chi connectivity index (χ1n) is 7.26. The highest BCUT2D eigenvalue weighted by Crippen LogP contribution is 2.38. The predicted octanol–water partition coefficient (Wildman–Crippen LogP) is 3.03. The quantitative estimate of drug-likeness (QED) is 0.410. The van der Waals surface area contributed by atoms with Gasteiger partial charge in [-0.2, -0.15) is 0 Å². The lowest BCUT2D eigenvalue weighted by Gasteiger charge is -1.97. The number of benzene rings is 1. The number of phenols is 1. The summed E-state index contributed by atoms with van der Waals surface area (Å²) in [5.41, 5.74) is 2.31. The first kappa shape index (κ1) is 21.2. The van der Waals surface area contributed by atoms with Gasteiger partial charge in [-0.15, -0.1) is 0 Å². The van der Waals surface area contributed by atoms with Gasteiger partial charge >= 0.3 is 11.4 Å². The van der Waals surface area contributed by atoms with Crippen molar-refractivity contribution in [2.45, 2.75) is 39.0 Å². The third-order valence-corrected chi connectivity index (χ3v) is 2.97. The van der Waals surface area contributed by atoms with Crippen molar-refractivity contribution in [2.75, 3.05) is 6.54 Å². The molecule has 1 aromatic carbocycles. The highest BCUT2D eigenvalue weighted by Gasteiger charge is 2.30. The molecule has 0 heterocycles. The van der Waals surface area contributed by atoms with Crippen LogP contribution in [0.2, 0.25) is 0 Å². The van der Waals surface area contributed by atoms with Crippen LogP contribution in [-0.2, 0) is 0 Å². The summed E-state index contributed by atoms with van der Waals surface area (Å²) in [4.78, 5) is 27.8. The summed E-state index contributed by atoms with van der Waals surface area (Å²) in [6, 6.07) is 0.894.